The van der Waals surface area contributed by atoms with Crippen LogP contribution in [0.2, 0.25) is 0 Å². The van der Waals surface area contributed by atoms with Crippen LogP contribution in [0.25, 0.3) is 0 Å². The van der Waals surface area contributed by atoms with Crippen molar-refractivity contribution in [2.24, 2.45) is 0 Å². The van der Waals surface area contributed by atoms with E-state index in [1.54, 1.807) is 6.08 Å². The summed E-state index contributed by atoms with van der Waals surface area (Å²) in [5.41, 5.74) is 2.08. The number of allylic oxidation sites excluding steroid dienone is 2. The molecule has 0 heterocycles. The van der Waals surface area contributed by atoms with Crippen molar-refractivity contribution in [2.45, 2.75) is 13.8 Å². The van der Waals surface area contributed by atoms with Gasteiger partial charge in [-0.1, -0.05) is 23.8 Å². The summed E-state index contributed by atoms with van der Waals surface area (Å²) in [6.07, 6.45) is 1.74. The summed E-state index contributed by atoms with van der Waals surface area (Å²) in [6.45, 7) is 7.65. The van der Waals surface area contributed by atoms with Crippen LogP contribution in [0.3, 0.4) is 0 Å². The minimum Gasteiger partial charge on any atom is -0.392 e. The molecule has 0 fully saturated rings. The maximum absolute atomic E-state index is 8.37. The topological polar surface area (TPSA) is 20.2 Å². The van der Waals surface area contributed by atoms with Crippen LogP contribution < -0.4 is 0 Å². The highest BCUT2D eigenvalue weighted by molar-refractivity contribution is 5.23. The van der Waals surface area contributed by atoms with E-state index in [1.807, 2.05) is 13.8 Å². The van der Waals surface area contributed by atoms with Crippen LogP contribution in [0, 0.1) is 0 Å². The van der Waals surface area contributed by atoms with E-state index >= 15 is 0 Å². The number of aliphatic hydroxyl groups excluding tert-OH is 1. The predicted molar refractivity (Wildman–Crippen MR) is 35.7 cm³/mol. The minimum atomic E-state index is 0.110. The monoisotopic (exact) mass is 112 g/mol. The van der Waals surface area contributed by atoms with Crippen molar-refractivity contribution in [1.82, 2.24) is 0 Å². The molecule has 1 nitrogen and oxygen atoms in total. The SMILES string of the molecule is C=C(C)/C(C)=C/CO. The molecule has 0 unspecified atom stereocenters. The number of rotatable bonds is 2. The molecule has 0 saturated carbocycles. The molecule has 0 bridgehead atoms. The van der Waals surface area contributed by atoms with Gasteiger partial charge < -0.3 is 5.11 Å². The molecule has 0 spiro atoms. The Labute approximate surface area is 50.3 Å². The van der Waals surface area contributed by atoms with E-state index in [9.17, 15) is 0 Å². The third kappa shape index (κ3) is 2.59. The van der Waals surface area contributed by atoms with E-state index in [2.05, 4.69) is 6.58 Å². The number of hydrogen-bond acceptors (Lipinski definition) is 1. The van der Waals surface area contributed by atoms with E-state index in [1.165, 1.54) is 0 Å². The lowest BCUT2D eigenvalue weighted by Gasteiger charge is -1.94. The summed E-state index contributed by atoms with van der Waals surface area (Å²) in [7, 11) is 0. The molecule has 0 aromatic heterocycles. The van der Waals surface area contributed by atoms with Crippen molar-refractivity contribution in [2.75, 3.05) is 6.61 Å². The van der Waals surface area contributed by atoms with Crippen molar-refractivity contribution < 1.29 is 5.11 Å². The molecule has 0 rings (SSSR count). The molecule has 0 aromatic carbocycles. The van der Waals surface area contributed by atoms with Crippen LogP contribution in [0.1, 0.15) is 13.8 Å². The van der Waals surface area contributed by atoms with Crippen molar-refractivity contribution >= 4 is 0 Å². The average molecular weight is 112 g/mol. The molecule has 0 radical (unpaired) electrons. The van der Waals surface area contributed by atoms with Crippen LogP contribution >= 0.6 is 0 Å². The normalized spacial score (nSPS) is 11.6. The van der Waals surface area contributed by atoms with Gasteiger partial charge in [0.15, 0.2) is 0 Å². The zero-order chi connectivity index (χ0) is 6.57. The molecule has 1 N–H and O–H groups in total. The Bertz CT molecular complexity index is 112. The van der Waals surface area contributed by atoms with Crippen molar-refractivity contribution in [3.05, 3.63) is 23.8 Å². The maximum atomic E-state index is 8.37. The first kappa shape index (κ1) is 7.44. The van der Waals surface area contributed by atoms with Gasteiger partial charge in [-0.05, 0) is 13.8 Å². The van der Waals surface area contributed by atoms with Gasteiger partial charge in [0, 0.05) is 0 Å². The highest BCUT2D eigenvalue weighted by Crippen LogP contribution is 2.02. The largest absolute Gasteiger partial charge is 0.392 e. The highest BCUT2D eigenvalue weighted by atomic mass is 16.2. The lowest BCUT2D eigenvalue weighted by atomic mass is 10.1. The molecule has 0 aliphatic carbocycles. The van der Waals surface area contributed by atoms with Gasteiger partial charge in [-0.25, -0.2) is 0 Å². The number of hydrogen-bond donors (Lipinski definition) is 1. The van der Waals surface area contributed by atoms with Crippen LogP contribution in [0.4, 0.5) is 0 Å². The van der Waals surface area contributed by atoms with Gasteiger partial charge in [0.2, 0.25) is 0 Å². The molecule has 0 aromatic rings. The fourth-order valence-corrected chi connectivity index (χ4v) is 0.311. The Balaban J connectivity index is 3.80. The van der Waals surface area contributed by atoms with Crippen molar-refractivity contribution in [1.29, 1.82) is 0 Å². The van der Waals surface area contributed by atoms with Crippen LogP contribution in [-0.4, -0.2) is 11.7 Å². The van der Waals surface area contributed by atoms with Gasteiger partial charge in [0.25, 0.3) is 0 Å². The van der Waals surface area contributed by atoms with Gasteiger partial charge in [0.1, 0.15) is 0 Å². The average Bonchev–Trinajstić information content (AvgIpc) is 1.67. The first-order valence-corrected chi connectivity index (χ1v) is 2.62. The Morgan fingerprint density at radius 3 is 2.25 bits per heavy atom. The molecule has 46 valence electrons. The van der Waals surface area contributed by atoms with E-state index in [0.717, 1.165) is 11.1 Å². The predicted octanol–water partition coefficient (Wildman–Crippen LogP) is 1.50. The van der Waals surface area contributed by atoms with E-state index in [0.29, 0.717) is 0 Å². The maximum Gasteiger partial charge on any atom is 0.0618 e. The second kappa shape index (κ2) is 3.44. The Morgan fingerprint density at radius 1 is 1.62 bits per heavy atom. The summed E-state index contributed by atoms with van der Waals surface area (Å²) in [6, 6.07) is 0. The first-order chi connectivity index (χ1) is 3.68. The fourth-order valence-electron chi connectivity index (χ4n) is 0.311. The molecule has 8 heavy (non-hydrogen) atoms. The van der Waals surface area contributed by atoms with Crippen molar-refractivity contribution in [3.8, 4) is 0 Å². The molecule has 0 amide bonds. The van der Waals surface area contributed by atoms with E-state index in [4.69, 9.17) is 5.11 Å². The first-order valence-electron chi connectivity index (χ1n) is 2.62. The second-order valence-corrected chi connectivity index (χ2v) is 1.85. The van der Waals surface area contributed by atoms with Gasteiger partial charge >= 0.3 is 0 Å². The van der Waals surface area contributed by atoms with Gasteiger partial charge in [-0.15, -0.1) is 0 Å². The third-order valence-corrected chi connectivity index (χ3v) is 1.07. The molecule has 0 aliphatic rings. The van der Waals surface area contributed by atoms with Crippen LogP contribution in [0.15, 0.2) is 23.8 Å². The summed E-state index contributed by atoms with van der Waals surface area (Å²) in [4.78, 5) is 0. The molecular formula is C7H12O. The van der Waals surface area contributed by atoms with Gasteiger partial charge in [-0.3, -0.25) is 0 Å². The smallest absolute Gasteiger partial charge is 0.0618 e. The van der Waals surface area contributed by atoms with Crippen LogP contribution in [-0.2, 0) is 0 Å². The molecule has 0 aliphatic heterocycles. The van der Waals surface area contributed by atoms with E-state index in [-0.39, 0.29) is 6.61 Å². The molecular weight excluding hydrogens is 100 g/mol. The van der Waals surface area contributed by atoms with Gasteiger partial charge in [0.05, 0.1) is 6.61 Å². The summed E-state index contributed by atoms with van der Waals surface area (Å²) < 4.78 is 0. The number of aliphatic hydroxyl groups is 1. The quantitative estimate of drug-likeness (QED) is 0.537. The van der Waals surface area contributed by atoms with Crippen molar-refractivity contribution in [3.63, 3.8) is 0 Å². The third-order valence-electron chi connectivity index (χ3n) is 1.07. The Morgan fingerprint density at radius 2 is 2.12 bits per heavy atom. The summed E-state index contributed by atoms with van der Waals surface area (Å²) in [5, 5.41) is 8.37. The standard InChI is InChI=1S/C7H12O/c1-6(2)7(3)4-5-8/h4,8H,1,5H2,2-3H3/b7-4+. The Hall–Kier alpha value is -0.560. The highest BCUT2D eigenvalue weighted by Gasteiger charge is 1.84. The Kier molecular flexibility index (Phi) is 3.20. The summed E-state index contributed by atoms with van der Waals surface area (Å²) in [5.74, 6) is 0. The second-order valence-electron chi connectivity index (χ2n) is 1.85. The fraction of sp³-hybridized carbons (Fsp3) is 0.429. The zero-order valence-corrected chi connectivity index (χ0v) is 5.44. The lowest BCUT2D eigenvalue weighted by molar-refractivity contribution is 0.342. The summed E-state index contributed by atoms with van der Waals surface area (Å²) >= 11 is 0. The van der Waals surface area contributed by atoms with Gasteiger partial charge in [-0.2, -0.15) is 0 Å². The minimum absolute atomic E-state index is 0.110. The molecule has 1 heteroatoms. The zero-order valence-electron chi connectivity index (χ0n) is 5.44. The van der Waals surface area contributed by atoms with E-state index < -0.39 is 0 Å². The molecule has 0 saturated heterocycles. The van der Waals surface area contributed by atoms with Crippen LogP contribution in [0.5, 0.6) is 0 Å². The molecule has 0 atom stereocenters. The lowest BCUT2D eigenvalue weighted by Crippen LogP contribution is -1.79.